The van der Waals surface area contributed by atoms with Crippen LogP contribution < -0.4 is 11.1 Å². The van der Waals surface area contributed by atoms with Crippen LogP contribution in [-0.2, 0) is 14.2 Å². The summed E-state index contributed by atoms with van der Waals surface area (Å²) in [6.07, 6.45) is -2.10. The third-order valence-corrected chi connectivity index (χ3v) is 3.50. The second kappa shape index (κ2) is 4.55. The molecule has 2 fully saturated rings. The van der Waals surface area contributed by atoms with Crippen molar-refractivity contribution in [2.45, 2.75) is 44.2 Å². The molecule has 112 valence electrons. The Balaban J connectivity index is 1.82. The van der Waals surface area contributed by atoms with E-state index in [9.17, 15) is 9.90 Å². The highest BCUT2D eigenvalue weighted by atomic mass is 16.8. The van der Waals surface area contributed by atoms with Crippen LogP contribution in [-0.4, -0.2) is 65.6 Å². The highest BCUT2D eigenvalue weighted by Gasteiger charge is 2.57. The highest BCUT2D eigenvalue weighted by Crippen LogP contribution is 2.39. The van der Waals surface area contributed by atoms with Gasteiger partial charge in [-0.05, 0) is 13.8 Å². The van der Waals surface area contributed by atoms with Gasteiger partial charge in [-0.15, -0.1) is 0 Å². The van der Waals surface area contributed by atoms with Gasteiger partial charge in [-0.1, -0.05) is 0 Å². The van der Waals surface area contributed by atoms with Crippen molar-refractivity contribution in [2.75, 3.05) is 13.3 Å². The van der Waals surface area contributed by atoms with Gasteiger partial charge in [0.25, 0.3) is 0 Å². The summed E-state index contributed by atoms with van der Waals surface area (Å²) in [7, 11) is 0. The van der Waals surface area contributed by atoms with Crippen LogP contribution in [0.25, 0.3) is 0 Å². The third-order valence-electron chi connectivity index (χ3n) is 3.50. The quantitative estimate of drug-likeness (QED) is 0.570. The van der Waals surface area contributed by atoms with Crippen LogP contribution in [0.1, 0.15) is 13.8 Å². The lowest BCUT2D eigenvalue weighted by atomic mass is 10.1. The lowest BCUT2D eigenvalue weighted by molar-refractivity contribution is -0.204. The van der Waals surface area contributed by atoms with E-state index in [4.69, 9.17) is 19.9 Å². The number of ether oxygens (including phenoxy) is 3. The normalized spacial score (nSPS) is 39.5. The lowest BCUT2D eigenvalue weighted by Gasteiger charge is -2.33. The molecular formula is C11H18N4O5. The molecule has 0 spiro atoms. The van der Waals surface area contributed by atoms with Gasteiger partial charge in [0, 0.05) is 0 Å². The first-order valence-corrected chi connectivity index (χ1v) is 6.41. The van der Waals surface area contributed by atoms with Gasteiger partial charge in [0.15, 0.2) is 18.0 Å². The number of aliphatic hydroxyl groups is 1. The molecule has 20 heavy (non-hydrogen) atoms. The summed E-state index contributed by atoms with van der Waals surface area (Å²) in [5, 5.41) is 11.8. The second-order valence-corrected chi connectivity index (χ2v) is 5.40. The number of aliphatic imine (C=N–C) groups is 1. The molecule has 2 saturated heterocycles. The molecule has 0 radical (unpaired) electrons. The van der Waals surface area contributed by atoms with Gasteiger partial charge in [0.05, 0.1) is 6.61 Å². The molecule has 0 saturated carbocycles. The summed E-state index contributed by atoms with van der Waals surface area (Å²) in [6.45, 7) is 3.43. The SMILES string of the molecule is CC1(C)O[C@@H]2[C@@H](O1)[C@@H](N1CN=C(N)NC1=O)O[C@H]2CO. The standard InChI is InChI=1S/C11H18N4O5/c1-11(2)19-6-5(3-16)18-8(7(6)20-11)15-4-13-9(12)14-10(15)17/h5-8,16H,3-4H2,1-2H3,(H3,12,13,14,17)/t5-,6-,7+,8-/m0/s1. The van der Waals surface area contributed by atoms with Crippen LogP contribution in [0.3, 0.4) is 0 Å². The zero-order valence-electron chi connectivity index (χ0n) is 11.3. The summed E-state index contributed by atoms with van der Waals surface area (Å²) >= 11 is 0. The van der Waals surface area contributed by atoms with E-state index in [0.29, 0.717) is 0 Å². The van der Waals surface area contributed by atoms with E-state index in [-0.39, 0.29) is 19.2 Å². The van der Waals surface area contributed by atoms with Crippen LogP contribution in [0.15, 0.2) is 4.99 Å². The van der Waals surface area contributed by atoms with E-state index in [2.05, 4.69) is 10.3 Å². The molecule has 0 aromatic carbocycles. The number of amides is 2. The van der Waals surface area contributed by atoms with Gasteiger partial charge < -0.3 is 25.1 Å². The summed E-state index contributed by atoms with van der Waals surface area (Å²) in [5.74, 6) is -0.706. The molecule has 4 N–H and O–H groups in total. The number of nitrogens with one attached hydrogen (secondary N) is 1. The number of hydrogen-bond acceptors (Lipinski definition) is 7. The van der Waals surface area contributed by atoms with Crippen molar-refractivity contribution in [2.24, 2.45) is 10.7 Å². The number of guanidine groups is 1. The Hall–Kier alpha value is -1.42. The Morgan fingerprint density at radius 3 is 2.85 bits per heavy atom. The van der Waals surface area contributed by atoms with Gasteiger partial charge in [0.1, 0.15) is 25.0 Å². The molecule has 0 aromatic rings. The Labute approximate surface area is 115 Å². The monoisotopic (exact) mass is 286 g/mol. The number of nitrogens with zero attached hydrogens (tertiary/aromatic N) is 2. The first-order valence-electron chi connectivity index (χ1n) is 6.41. The Kier molecular flexibility index (Phi) is 3.09. The van der Waals surface area contributed by atoms with Gasteiger partial charge in [0.2, 0.25) is 0 Å². The van der Waals surface area contributed by atoms with E-state index in [1.165, 1.54) is 4.90 Å². The number of carbonyl (C=O) groups excluding carboxylic acids is 1. The highest BCUT2D eigenvalue weighted by molar-refractivity contribution is 5.96. The van der Waals surface area contributed by atoms with Crippen LogP contribution in [0.2, 0.25) is 0 Å². The molecule has 3 aliphatic heterocycles. The fraction of sp³-hybridized carbons (Fsp3) is 0.818. The van der Waals surface area contributed by atoms with Crippen LogP contribution >= 0.6 is 0 Å². The molecular weight excluding hydrogens is 268 g/mol. The van der Waals surface area contributed by atoms with Crippen LogP contribution in [0.4, 0.5) is 4.79 Å². The molecule has 0 aromatic heterocycles. The molecule has 0 aliphatic carbocycles. The van der Waals surface area contributed by atoms with Gasteiger partial charge in [-0.25, -0.2) is 9.79 Å². The van der Waals surface area contributed by atoms with Crippen molar-refractivity contribution in [1.29, 1.82) is 0 Å². The minimum absolute atomic E-state index is 0.0726. The molecule has 0 unspecified atom stereocenters. The van der Waals surface area contributed by atoms with Crippen molar-refractivity contribution in [3.8, 4) is 0 Å². The first kappa shape index (κ1) is 13.6. The van der Waals surface area contributed by atoms with Gasteiger partial charge >= 0.3 is 6.03 Å². The summed E-state index contributed by atoms with van der Waals surface area (Å²) in [5.41, 5.74) is 5.44. The van der Waals surface area contributed by atoms with Crippen molar-refractivity contribution in [1.82, 2.24) is 10.2 Å². The number of aliphatic hydroxyl groups excluding tert-OH is 1. The molecule has 0 bridgehead atoms. The maximum Gasteiger partial charge on any atom is 0.327 e. The number of nitrogens with two attached hydrogens (primary N) is 1. The van der Waals surface area contributed by atoms with E-state index in [1.54, 1.807) is 13.8 Å². The number of urea groups is 1. The molecule has 3 heterocycles. The first-order chi connectivity index (χ1) is 9.41. The van der Waals surface area contributed by atoms with Crippen molar-refractivity contribution in [3.05, 3.63) is 0 Å². The average Bonchev–Trinajstić information content (AvgIpc) is 2.83. The van der Waals surface area contributed by atoms with E-state index >= 15 is 0 Å². The smallest absolute Gasteiger partial charge is 0.327 e. The maximum atomic E-state index is 12.0. The molecule has 3 rings (SSSR count). The lowest BCUT2D eigenvalue weighted by Crippen LogP contribution is -2.57. The summed E-state index contributed by atoms with van der Waals surface area (Å²) < 4.78 is 17.2. The van der Waals surface area contributed by atoms with E-state index in [1.807, 2.05) is 0 Å². The zero-order chi connectivity index (χ0) is 14.5. The van der Waals surface area contributed by atoms with Crippen molar-refractivity contribution < 1.29 is 24.1 Å². The van der Waals surface area contributed by atoms with Crippen molar-refractivity contribution >= 4 is 12.0 Å². The minimum atomic E-state index is -0.778. The summed E-state index contributed by atoms with van der Waals surface area (Å²) in [6, 6.07) is -0.409. The Bertz CT molecular complexity index is 454. The second-order valence-electron chi connectivity index (χ2n) is 5.40. The number of fused-ring (bicyclic) bond motifs is 1. The Morgan fingerprint density at radius 2 is 2.20 bits per heavy atom. The predicted octanol–water partition coefficient (Wildman–Crippen LogP) is -1.48. The predicted molar refractivity (Wildman–Crippen MR) is 66.4 cm³/mol. The van der Waals surface area contributed by atoms with Crippen LogP contribution in [0.5, 0.6) is 0 Å². The summed E-state index contributed by atoms with van der Waals surface area (Å²) in [4.78, 5) is 17.3. The van der Waals surface area contributed by atoms with E-state index < -0.39 is 36.4 Å². The van der Waals surface area contributed by atoms with E-state index in [0.717, 1.165) is 0 Å². The fourth-order valence-electron chi connectivity index (χ4n) is 2.69. The molecule has 4 atom stereocenters. The Morgan fingerprint density at radius 1 is 1.50 bits per heavy atom. The largest absolute Gasteiger partial charge is 0.394 e. The minimum Gasteiger partial charge on any atom is -0.394 e. The van der Waals surface area contributed by atoms with Gasteiger partial charge in [-0.3, -0.25) is 10.2 Å². The molecule has 2 amide bonds. The zero-order valence-corrected chi connectivity index (χ0v) is 11.3. The van der Waals surface area contributed by atoms with Crippen LogP contribution in [0, 0.1) is 0 Å². The molecule has 3 aliphatic rings. The number of rotatable bonds is 2. The molecule has 9 nitrogen and oxygen atoms in total. The molecule has 9 heteroatoms. The van der Waals surface area contributed by atoms with Crippen molar-refractivity contribution in [3.63, 3.8) is 0 Å². The number of hydrogen-bond donors (Lipinski definition) is 3. The van der Waals surface area contributed by atoms with Gasteiger partial charge in [-0.2, -0.15) is 0 Å². The number of carbonyl (C=O) groups is 1. The topological polar surface area (TPSA) is 119 Å². The third kappa shape index (κ3) is 2.12. The fourth-order valence-corrected chi connectivity index (χ4v) is 2.69. The average molecular weight is 286 g/mol. The maximum absolute atomic E-state index is 12.0.